The molecule has 0 aliphatic carbocycles. The molecule has 2 saturated heterocycles. The number of nitrogens with one attached hydrogen (secondary N) is 1. The summed E-state index contributed by atoms with van der Waals surface area (Å²) in [4.78, 5) is 40.5. The van der Waals surface area contributed by atoms with Crippen molar-refractivity contribution in [1.82, 2.24) is 15.1 Å². The van der Waals surface area contributed by atoms with Gasteiger partial charge in [-0.05, 0) is 42.0 Å². The summed E-state index contributed by atoms with van der Waals surface area (Å²) in [5.74, 6) is -0.762. The molecule has 7 heteroatoms. The summed E-state index contributed by atoms with van der Waals surface area (Å²) in [6.07, 6.45) is 1.77. The molecule has 3 aliphatic heterocycles. The van der Waals surface area contributed by atoms with Crippen molar-refractivity contribution < 1.29 is 14.4 Å². The number of carbonyl (C=O) groups is 3. The highest BCUT2D eigenvalue weighted by Crippen LogP contribution is 2.37. The second-order valence-corrected chi connectivity index (χ2v) is 8.85. The summed E-state index contributed by atoms with van der Waals surface area (Å²) >= 11 is 0. The van der Waals surface area contributed by atoms with Gasteiger partial charge in [0.1, 0.15) is 6.04 Å². The van der Waals surface area contributed by atoms with Crippen LogP contribution in [0.5, 0.6) is 0 Å². The lowest BCUT2D eigenvalue weighted by Crippen LogP contribution is -2.52. The SMILES string of the molecule is CC1(C)CCN(Cc2ccc3c(c2)C(=O)N(C2CCC(=O)NC2=O)C3)C1CN. The van der Waals surface area contributed by atoms with E-state index in [1.54, 1.807) is 4.90 Å². The molecule has 0 spiro atoms. The smallest absolute Gasteiger partial charge is 0.255 e. The van der Waals surface area contributed by atoms with Crippen LogP contribution in [-0.2, 0) is 22.7 Å². The zero-order valence-electron chi connectivity index (χ0n) is 16.5. The van der Waals surface area contributed by atoms with E-state index in [2.05, 4.69) is 30.1 Å². The minimum absolute atomic E-state index is 0.122. The van der Waals surface area contributed by atoms with Gasteiger partial charge in [0.05, 0.1) is 0 Å². The lowest BCUT2D eigenvalue weighted by atomic mass is 9.85. The van der Waals surface area contributed by atoms with Gasteiger partial charge in [0.15, 0.2) is 0 Å². The Bertz CT molecular complexity index is 835. The van der Waals surface area contributed by atoms with E-state index in [4.69, 9.17) is 5.73 Å². The van der Waals surface area contributed by atoms with Crippen molar-refractivity contribution in [3.05, 3.63) is 34.9 Å². The Balaban J connectivity index is 1.50. The van der Waals surface area contributed by atoms with E-state index in [9.17, 15) is 14.4 Å². The molecule has 2 atom stereocenters. The molecule has 1 aromatic rings. The van der Waals surface area contributed by atoms with Crippen LogP contribution in [0.3, 0.4) is 0 Å². The number of nitrogens with two attached hydrogens (primary N) is 1. The van der Waals surface area contributed by atoms with Gasteiger partial charge in [-0.1, -0.05) is 26.0 Å². The van der Waals surface area contributed by atoms with Gasteiger partial charge in [-0.2, -0.15) is 0 Å². The Morgan fingerprint density at radius 1 is 1.25 bits per heavy atom. The molecule has 2 fully saturated rings. The molecule has 3 aliphatic rings. The standard InChI is InChI=1S/C21H28N4O3/c1-21(2)7-8-24(17(21)10-22)11-13-3-4-14-12-25(20(28)15(14)9-13)16-5-6-18(26)23-19(16)27/h3-4,9,16-17H,5-8,10-12,22H2,1-2H3,(H,23,26,27). The molecule has 3 heterocycles. The van der Waals surface area contributed by atoms with Crippen LogP contribution in [0.15, 0.2) is 18.2 Å². The van der Waals surface area contributed by atoms with Crippen LogP contribution < -0.4 is 11.1 Å². The highest BCUT2D eigenvalue weighted by Gasteiger charge is 2.41. The van der Waals surface area contributed by atoms with Crippen molar-refractivity contribution in [3.8, 4) is 0 Å². The fourth-order valence-electron chi connectivity index (χ4n) is 4.84. The minimum atomic E-state index is -0.568. The zero-order valence-corrected chi connectivity index (χ0v) is 16.5. The van der Waals surface area contributed by atoms with Crippen LogP contribution in [0.25, 0.3) is 0 Å². The molecule has 3 amide bonds. The Morgan fingerprint density at radius 2 is 2.04 bits per heavy atom. The molecule has 4 rings (SSSR count). The van der Waals surface area contributed by atoms with Gasteiger partial charge >= 0.3 is 0 Å². The molecule has 0 aromatic heterocycles. The van der Waals surface area contributed by atoms with Gasteiger partial charge in [0.2, 0.25) is 11.8 Å². The van der Waals surface area contributed by atoms with Crippen LogP contribution in [0.4, 0.5) is 0 Å². The summed E-state index contributed by atoms with van der Waals surface area (Å²) in [6.45, 7) is 7.33. The van der Waals surface area contributed by atoms with Crippen molar-refractivity contribution in [3.63, 3.8) is 0 Å². The molecular weight excluding hydrogens is 356 g/mol. The molecule has 0 bridgehead atoms. The Labute approximate surface area is 165 Å². The fourth-order valence-corrected chi connectivity index (χ4v) is 4.84. The van der Waals surface area contributed by atoms with Crippen molar-refractivity contribution in [1.29, 1.82) is 0 Å². The van der Waals surface area contributed by atoms with E-state index in [1.807, 2.05) is 12.1 Å². The predicted molar refractivity (Wildman–Crippen MR) is 104 cm³/mol. The third-order valence-electron chi connectivity index (χ3n) is 6.59. The number of piperidine rings is 1. The van der Waals surface area contributed by atoms with Crippen molar-refractivity contribution in [2.75, 3.05) is 13.1 Å². The molecule has 0 radical (unpaired) electrons. The Hall–Kier alpha value is -2.25. The fraction of sp³-hybridized carbons (Fsp3) is 0.571. The maximum atomic E-state index is 13.0. The van der Waals surface area contributed by atoms with E-state index < -0.39 is 6.04 Å². The second kappa shape index (κ2) is 6.97. The molecular formula is C21H28N4O3. The van der Waals surface area contributed by atoms with Crippen LogP contribution >= 0.6 is 0 Å². The first-order chi connectivity index (χ1) is 13.3. The third kappa shape index (κ3) is 3.22. The first-order valence-electron chi connectivity index (χ1n) is 10.0. The average Bonchev–Trinajstić information content (AvgIpc) is 3.11. The lowest BCUT2D eigenvalue weighted by Gasteiger charge is -2.31. The number of nitrogens with zero attached hydrogens (tertiary/aromatic N) is 2. The number of fused-ring (bicyclic) bond motifs is 1. The zero-order chi connectivity index (χ0) is 20.1. The lowest BCUT2D eigenvalue weighted by molar-refractivity contribution is -0.136. The number of rotatable bonds is 4. The van der Waals surface area contributed by atoms with Gasteiger partial charge in [-0.3, -0.25) is 24.6 Å². The van der Waals surface area contributed by atoms with Crippen molar-refractivity contribution in [2.24, 2.45) is 11.1 Å². The van der Waals surface area contributed by atoms with Crippen LogP contribution in [0.1, 0.15) is 54.6 Å². The van der Waals surface area contributed by atoms with E-state index in [1.165, 1.54) is 0 Å². The number of benzene rings is 1. The maximum absolute atomic E-state index is 13.0. The van der Waals surface area contributed by atoms with E-state index in [-0.39, 0.29) is 29.6 Å². The maximum Gasteiger partial charge on any atom is 0.255 e. The molecule has 150 valence electrons. The summed E-state index contributed by atoms with van der Waals surface area (Å²) in [6, 6.07) is 5.78. The molecule has 0 saturated carbocycles. The molecule has 1 aromatic carbocycles. The van der Waals surface area contributed by atoms with Gasteiger partial charge in [-0.15, -0.1) is 0 Å². The molecule has 7 nitrogen and oxygen atoms in total. The van der Waals surface area contributed by atoms with Crippen molar-refractivity contribution >= 4 is 17.7 Å². The van der Waals surface area contributed by atoms with Crippen molar-refractivity contribution in [2.45, 2.75) is 58.3 Å². The highest BCUT2D eigenvalue weighted by molar-refractivity contribution is 6.05. The number of hydrogen-bond acceptors (Lipinski definition) is 5. The molecule has 2 unspecified atom stereocenters. The van der Waals surface area contributed by atoms with Crippen LogP contribution in [0.2, 0.25) is 0 Å². The van der Waals surface area contributed by atoms with E-state index >= 15 is 0 Å². The van der Waals surface area contributed by atoms with Gasteiger partial charge < -0.3 is 10.6 Å². The first kappa shape index (κ1) is 19.1. The largest absolute Gasteiger partial charge is 0.329 e. The quantitative estimate of drug-likeness (QED) is 0.756. The number of amides is 3. The number of imide groups is 1. The number of carbonyl (C=O) groups excluding carboxylic acids is 3. The monoisotopic (exact) mass is 384 g/mol. The summed E-state index contributed by atoms with van der Waals surface area (Å²) in [7, 11) is 0. The summed E-state index contributed by atoms with van der Waals surface area (Å²) < 4.78 is 0. The molecule has 3 N–H and O–H groups in total. The molecule has 28 heavy (non-hydrogen) atoms. The topological polar surface area (TPSA) is 95.7 Å². The van der Waals surface area contributed by atoms with Crippen LogP contribution in [0, 0.1) is 5.41 Å². The number of likely N-dealkylation sites (tertiary alicyclic amines) is 1. The highest BCUT2D eigenvalue weighted by atomic mass is 16.2. The second-order valence-electron chi connectivity index (χ2n) is 8.85. The Kier molecular flexibility index (Phi) is 4.75. The van der Waals surface area contributed by atoms with Crippen LogP contribution in [-0.4, -0.2) is 52.7 Å². The predicted octanol–water partition coefficient (Wildman–Crippen LogP) is 1.01. The minimum Gasteiger partial charge on any atom is -0.329 e. The summed E-state index contributed by atoms with van der Waals surface area (Å²) in [5.41, 5.74) is 8.93. The first-order valence-corrected chi connectivity index (χ1v) is 10.0. The van der Waals surface area contributed by atoms with Gasteiger partial charge in [0.25, 0.3) is 5.91 Å². The Morgan fingerprint density at radius 3 is 2.75 bits per heavy atom. The number of hydrogen-bond donors (Lipinski definition) is 2. The summed E-state index contributed by atoms with van der Waals surface area (Å²) in [5, 5.41) is 2.34. The normalized spacial score (nSPS) is 27.2. The average molecular weight is 384 g/mol. The van der Waals surface area contributed by atoms with Gasteiger partial charge in [-0.25, -0.2) is 0 Å². The third-order valence-corrected chi connectivity index (χ3v) is 6.59. The van der Waals surface area contributed by atoms with Gasteiger partial charge in [0, 0.05) is 37.7 Å². The van der Waals surface area contributed by atoms with E-state index in [0.29, 0.717) is 31.1 Å². The van der Waals surface area contributed by atoms with E-state index in [0.717, 1.165) is 30.6 Å².